The van der Waals surface area contributed by atoms with Gasteiger partial charge in [-0.1, -0.05) is 34.3 Å². The summed E-state index contributed by atoms with van der Waals surface area (Å²) in [6, 6.07) is 1.50. The molecule has 0 aliphatic rings. The summed E-state index contributed by atoms with van der Waals surface area (Å²) in [5.74, 6) is 0.324. The number of hydrogen-bond acceptors (Lipinski definition) is 5. The fraction of sp³-hybridized carbons (Fsp3) is 0.833. The highest BCUT2D eigenvalue weighted by molar-refractivity contribution is 6.88. The van der Waals surface area contributed by atoms with Crippen molar-refractivity contribution in [2.45, 2.75) is 85.6 Å². The van der Waals surface area contributed by atoms with Gasteiger partial charge in [0.15, 0.2) is 8.32 Å². The predicted molar refractivity (Wildman–Crippen MR) is 123 cm³/mol. The molecule has 0 aliphatic heterocycles. The predicted octanol–water partition coefficient (Wildman–Crippen LogP) is 5.76. The molecular weight excluding hydrogens is 409 g/mol. The monoisotopic (exact) mass is 450 g/mol. The Morgan fingerprint density at radius 2 is 1.22 bits per heavy atom. The molecule has 0 aliphatic carbocycles. The van der Waals surface area contributed by atoms with Gasteiger partial charge in [-0.25, -0.2) is 4.79 Å². The van der Waals surface area contributed by atoms with Crippen molar-refractivity contribution in [3.05, 3.63) is 12.7 Å². The quantitative estimate of drug-likeness (QED) is 0.279. The summed E-state index contributed by atoms with van der Waals surface area (Å²) in [7, 11) is -9.44. The van der Waals surface area contributed by atoms with E-state index in [2.05, 4.69) is 67.0 Å². The van der Waals surface area contributed by atoms with E-state index in [9.17, 15) is 4.79 Å². The molecule has 0 unspecified atom stereocenters. The summed E-state index contributed by atoms with van der Waals surface area (Å²) in [4.78, 5) is 12.1. The van der Waals surface area contributed by atoms with E-state index in [4.69, 9.17) is 16.8 Å². The Balaban J connectivity index is 5.69. The Morgan fingerprint density at radius 3 is 1.56 bits per heavy atom. The smallest absolute Gasteiger partial charge is 0.393 e. The maximum atomic E-state index is 12.1. The maximum Gasteiger partial charge on any atom is 0.393 e. The van der Waals surface area contributed by atoms with Crippen molar-refractivity contribution >= 4 is 40.0 Å². The van der Waals surface area contributed by atoms with Crippen molar-refractivity contribution in [1.82, 2.24) is 0 Å². The molecule has 5 nitrogen and oxygen atoms in total. The minimum absolute atomic E-state index is 0.362. The van der Waals surface area contributed by atoms with Gasteiger partial charge >= 0.3 is 31.7 Å². The molecule has 0 spiro atoms. The molecule has 160 valence electrons. The third-order valence-corrected chi connectivity index (χ3v) is 18.6. The van der Waals surface area contributed by atoms with Gasteiger partial charge in [-0.3, -0.25) is 0 Å². The van der Waals surface area contributed by atoms with Crippen LogP contribution in [0.25, 0.3) is 0 Å². The van der Waals surface area contributed by atoms with Crippen LogP contribution >= 0.6 is 0 Å². The van der Waals surface area contributed by atoms with Crippen molar-refractivity contribution in [3.8, 4) is 0 Å². The van der Waals surface area contributed by atoms with Gasteiger partial charge in [-0.2, -0.15) is 0 Å². The molecule has 0 saturated carbocycles. The van der Waals surface area contributed by atoms with E-state index >= 15 is 0 Å². The Morgan fingerprint density at radius 1 is 0.815 bits per heavy atom. The molecule has 0 rings (SSSR count). The Kier molecular flexibility index (Phi) is 10.1. The van der Waals surface area contributed by atoms with Gasteiger partial charge in [0.25, 0.3) is 0 Å². The van der Waals surface area contributed by atoms with E-state index < -0.39 is 40.0 Å². The summed E-state index contributed by atoms with van der Waals surface area (Å²) in [5, 5.41) is 0. The molecule has 0 heterocycles. The van der Waals surface area contributed by atoms with Crippen LogP contribution in [0.4, 0.5) is 0 Å². The second-order valence-electron chi connectivity index (χ2n) is 9.95. The van der Waals surface area contributed by atoms with Gasteiger partial charge in [0.05, 0.1) is 0 Å². The lowest BCUT2D eigenvalue weighted by atomic mass is 10.3. The third kappa shape index (κ3) is 12.2. The first-order valence-electron chi connectivity index (χ1n) is 9.87. The number of carbonyl (C=O) groups is 1. The average Bonchev–Trinajstić information content (AvgIpc) is 2.30. The lowest BCUT2D eigenvalue weighted by Crippen LogP contribution is -2.59. The van der Waals surface area contributed by atoms with Gasteiger partial charge in [0, 0.05) is 18.2 Å². The molecule has 0 aromatic heterocycles. The van der Waals surface area contributed by atoms with Gasteiger partial charge < -0.3 is 16.8 Å². The molecule has 0 fully saturated rings. The molecule has 27 heavy (non-hydrogen) atoms. The first-order valence-corrected chi connectivity index (χ1v) is 21.1. The highest BCUT2D eigenvalue weighted by atomic mass is 28.5. The number of rotatable bonds is 12. The fourth-order valence-corrected chi connectivity index (χ4v) is 23.0. The van der Waals surface area contributed by atoms with E-state index in [0.717, 1.165) is 12.1 Å². The Hall–Kier alpha value is -0.0425. The molecule has 0 aromatic rings. The first-order chi connectivity index (χ1) is 11.9. The van der Waals surface area contributed by atoms with E-state index in [0.29, 0.717) is 11.8 Å². The second-order valence-corrected chi connectivity index (χ2v) is 25.1. The zero-order valence-corrected chi connectivity index (χ0v) is 23.4. The van der Waals surface area contributed by atoms with Crippen LogP contribution in [-0.2, 0) is 21.6 Å². The molecule has 0 aromatic carbocycles. The summed E-state index contributed by atoms with van der Waals surface area (Å²) in [6.45, 7) is 26.8. The van der Waals surface area contributed by atoms with Crippen LogP contribution in [-0.4, -0.2) is 40.0 Å². The van der Waals surface area contributed by atoms with Gasteiger partial charge in [0.1, 0.15) is 0 Å². The third-order valence-electron chi connectivity index (χ3n) is 3.37. The molecule has 0 saturated heterocycles. The average molecular weight is 451 g/mol. The second kappa shape index (κ2) is 10.1. The molecule has 0 atom stereocenters. The van der Waals surface area contributed by atoms with E-state index in [1.165, 1.54) is 6.08 Å². The molecular formula is C18H42O5Si4. The zero-order valence-electron chi connectivity index (χ0n) is 19.4. The summed E-state index contributed by atoms with van der Waals surface area (Å²) in [5.41, 5.74) is 0. The SMILES string of the molecule is C=CC(=O)O[Si](CC(C)C)(CC(C)C)O[Si](C)(C)O[Si](C)(C)O[Si](C)(C)C. The van der Waals surface area contributed by atoms with Crippen LogP contribution in [0.5, 0.6) is 0 Å². The highest BCUT2D eigenvalue weighted by Crippen LogP contribution is 2.33. The maximum absolute atomic E-state index is 12.1. The highest BCUT2D eigenvalue weighted by Gasteiger charge is 2.50. The van der Waals surface area contributed by atoms with Gasteiger partial charge in [-0.15, -0.1) is 0 Å². The van der Waals surface area contributed by atoms with Crippen molar-refractivity contribution < 1.29 is 21.6 Å². The van der Waals surface area contributed by atoms with Crippen molar-refractivity contribution in [2.24, 2.45) is 11.8 Å². The van der Waals surface area contributed by atoms with Crippen LogP contribution in [0, 0.1) is 11.8 Å². The molecule has 0 radical (unpaired) electrons. The zero-order chi connectivity index (χ0) is 21.7. The topological polar surface area (TPSA) is 54.0 Å². The normalized spacial score (nSPS) is 14.0. The molecule has 0 bridgehead atoms. The minimum atomic E-state index is -2.81. The van der Waals surface area contributed by atoms with Crippen LogP contribution in [0.3, 0.4) is 0 Å². The van der Waals surface area contributed by atoms with Crippen LogP contribution in [0.2, 0.25) is 57.9 Å². The van der Waals surface area contributed by atoms with Crippen molar-refractivity contribution in [3.63, 3.8) is 0 Å². The summed E-state index contributed by atoms with van der Waals surface area (Å²) >= 11 is 0. The van der Waals surface area contributed by atoms with Crippen molar-refractivity contribution in [2.75, 3.05) is 0 Å². The molecule has 0 amide bonds. The summed E-state index contributed by atoms with van der Waals surface area (Å²) < 4.78 is 25.5. The van der Waals surface area contributed by atoms with Crippen LogP contribution in [0.15, 0.2) is 12.7 Å². The number of hydrogen-bond donors (Lipinski definition) is 0. The van der Waals surface area contributed by atoms with E-state index in [1.54, 1.807) is 0 Å². The standard InChI is InChI=1S/C18H42O5Si4/c1-13-18(19)20-27(14-16(2)3,15-17(4)5)23-26(11,12)22-25(9,10)21-24(6,7)8/h13,16-17H,1,14-15H2,2-12H3. The molecule has 9 heteroatoms. The van der Waals surface area contributed by atoms with Crippen LogP contribution in [0.1, 0.15) is 27.7 Å². The van der Waals surface area contributed by atoms with Gasteiger partial charge in [-0.05, 0) is 57.7 Å². The minimum Gasteiger partial charge on any atom is -0.492 e. The Bertz CT molecular complexity index is 488. The molecule has 0 N–H and O–H groups in total. The van der Waals surface area contributed by atoms with Crippen molar-refractivity contribution in [1.29, 1.82) is 0 Å². The Labute approximate surface area is 171 Å². The fourth-order valence-electron chi connectivity index (χ4n) is 3.56. The summed E-state index contributed by atoms with van der Waals surface area (Å²) in [6.07, 6.45) is 1.23. The van der Waals surface area contributed by atoms with E-state index in [1.807, 2.05) is 13.1 Å². The largest absolute Gasteiger partial charge is 0.492 e. The first kappa shape index (κ1) is 27.0. The van der Waals surface area contributed by atoms with Gasteiger partial charge in [0.2, 0.25) is 0 Å². The lowest BCUT2D eigenvalue weighted by molar-refractivity contribution is -0.130. The number of carbonyl (C=O) groups excluding carboxylic acids is 1. The lowest BCUT2D eigenvalue weighted by Gasteiger charge is -2.42. The van der Waals surface area contributed by atoms with Crippen LogP contribution < -0.4 is 0 Å². The van der Waals surface area contributed by atoms with E-state index in [-0.39, 0.29) is 0 Å².